The van der Waals surface area contributed by atoms with Crippen LogP contribution < -0.4 is 0 Å². The predicted octanol–water partition coefficient (Wildman–Crippen LogP) is 3.32. The van der Waals surface area contributed by atoms with Crippen LogP contribution in [0.4, 0.5) is 13.2 Å². The average Bonchev–Trinajstić information content (AvgIpc) is 1.97. The highest BCUT2D eigenvalue weighted by Gasteiger charge is 2.33. The van der Waals surface area contributed by atoms with Crippen molar-refractivity contribution in [3.8, 4) is 0 Å². The van der Waals surface area contributed by atoms with Crippen molar-refractivity contribution in [1.29, 1.82) is 0 Å². The number of nitrogens with zero attached hydrogens (tertiary/aromatic N) is 1. The van der Waals surface area contributed by atoms with Gasteiger partial charge in [0.1, 0.15) is 5.69 Å². The van der Waals surface area contributed by atoms with Gasteiger partial charge in [-0.1, -0.05) is 0 Å². The fraction of sp³-hybridized carbons (Fsp3) is 0.375. The first kappa shape index (κ1) is 10.7. The molecule has 1 aromatic rings. The van der Waals surface area contributed by atoms with Crippen molar-refractivity contribution in [2.45, 2.75) is 20.0 Å². The molecule has 0 N–H and O–H groups in total. The summed E-state index contributed by atoms with van der Waals surface area (Å²) in [6.45, 7) is 3.33. The zero-order valence-electron chi connectivity index (χ0n) is 7.04. The molecule has 0 saturated heterocycles. The van der Waals surface area contributed by atoms with Gasteiger partial charge in [-0.3, -0.25) is 0 Å². The van der Waals surface area contributed by atoms with Crippen LogP contribution in [0.1, 0.15) is 17.0 Å². The summed E-state index contributed by atoms with van der Waals surface area (Å²) in [4.78, 5) is 3.48. The van der Waals surface area contributed by atoms with Crippen LogP contribution in [0.3, 0.4) is 0 Å². The van der Waals surface area contributed by atoms with E-state index >= 15 is 0 Å². The first-order valence-electron chi connectivity index (χ1n) is 3.53. The minimum absolute atomic E-state index is 0.430. The molecule has 0 spiro atoms. The van der Waals surface area contributed by atoms with Crippen LogP contribution in [0.5, 0.6) is 0 Å². The second-order valence-corrected chi connectivity index (χ2v) is 3.86. The van der Waals surface area contributed by atoms with Crippen LogP contribution in [0, 0.1) is 17.4 Å². The van der Waals surface area contributed by atoms with Gasteiger partial charge in [0.05, 0.1) is 0 Å². The van der Waals surface area contributed by atoms with Crippen molar-refractivity contribution in [1.82, 2.24) is 4.98 Å². The molecule has 0 bridgehead atoms. The van der Waals surface area contributed by atoms with Gasteiger partial charge in [0, 0.05) is 9.26 Å². The van der Waals surface area contributed by atoms with Gasteiger partial charge in [0.15, 0.2) is 0 Å². The summed E-state index contributed by atoms with van der Waals surface area (Å²) >= 11 is 1.88. The third-order valence-corrected chi connectivity index (χ3v) is 2.86. The molecule has 0 amide bonds. The molecule has 0 aliphatic carbocycles. The van der Waals surface area contributed by atoms with Crippen molar-refractivity contribution in [2.75, 3.05) is 0 Å². The van der Waals surface area contributed by atoms with Crippen LogP contribution in [0.2, 0.25) is 0 Å². The Labute approximate surface area is 87.5 Å². The first-order valence-corrected chi connectivity index (χ1v) is 4.61. The van der Waals surface area contributed by atoms with Crippen LogP contribution in [0.15, 0.2) is 6.07 Å². The number of rotatable bonds is 0. The molecule has 13 heavy (non-hydrogen) atoms. The Morgan fingerprint density at radius 3 is 2.23 bits per heavy atom. The highest BCUT2D eigenvalue weighted by molar-refractivity contribution is 14.1. The molecule has 1 nitrogen and oxygen atoms in total. The topological polar surface area (TPSA) is 12.9 Å². The monoisotopic (exact) mass is 301 g/mol. The zero-order valence-corrected chi connectivity index (χ0v) is 9.19. The van der Waals surface area contributed by atoms with E-state index in [1.54, 1.807) is 13.8 Å². The van der Waals surface area contributed by atoms with E-state index < -0.39 is 11.9 Å². The largest absolute Gasteiger partial charge is 0.433 e. The molecule has 1 heterocycles. The third-order valence-electron chi connectivity index (χ3n) is 1.74. The second-order valence-electron chi connectivity index (χ2n) is 2.70. The Hall–Kier alpha value is -0.330. The van der Waals surface area contributed by atoms with Crippen molar-refractivity contribution < 1.29 is 13.2 Å². The van der Waals surface area contributed by atoms with Crippen LogP contribution in [-0.4, -0.2) is 4.98 Å². The van der Waals surface area contributed by atoms with Crippen molar-refractivity contribution in [3.05, 3.63) is 26.6 Å². The molecular formula is C8H7F3IN. The molecule has 0 saturated carbocycles. The summed E-state index contributed by atoms with van der Waals surface area (Å²) in [5.41, 5.74) is 0.410. The smallest absolute Gasteiger partial charge is 0.248 e. The van der Waals surface area contributed by atoms with Crippen molar-refractivity contribution >= 4 is 22.6 Å². The quantitative estimate of drug-likeness (QED) is 0.670. The molecule has 72 valence electrons. The Morgan fingerprint density at radius 1 is 1.31 bits per heavy atom. The Morgan fingerprint density at radius 2 is 1.85 bits per heavy atom. The summed E-state index contributed by atoms with van der Waals surface area (Å²) in [7, 11) is 0. The van der Waals surface area contributed by atoms with E-state index in [-0.39, 0.29) is 0 Å². The lowest BCUT2D eigenvalue weighted by molar-refractivity contribution is -0.141. The van der Waals surface area contributed by atoms with Gasteiger partial charge in [-0.2, -0.15) is 13.2 Å². The number of aromatic nitrogens is 1. The van der Waals surface area contributed by atoms with E-state index in [0.717, 1.165) is 11.6 Å². The van der Waals surface area contributed by atoms with E-state index in [2.05, 4.69) is 4.98 Å². The Kier molecular flexibility index (Phi) is 2.84. The zero-order chi connectivity index (χ0) is 10.2. The lowest BCUT2D eigenvalue weighted by Crippen LogP contribution is -2.10. The molecular weight excluding hydrogens is 294 g/mol. The molecule has 0 aliphatic heterocycles. The molecule has 0 aliphatic rings. The predicted molar refractivity (Wildman–Crippen MR) is 51.4 cm³/mol. The SMILES string of the molecule is Cc1nc(C(F)(F)F)cc(I)c1C. The molecule has 0 radical (unpaired) electrons. The molecule has 0 unspecified atom stereocenters. The average molecular weight is 301 g/mol. The molecule has 1 aromatic heterocycles. The number of aryl methyl sites for hydroxylation is 1. The highest BCUT2D eigenvalue weighted by Crippen LogP contribution is 2.29. The Balaban J connectivity index is 3.29. The van der Waals surface area contributed by atoms with Crippen molar-refractivity contribution in [3.63, 3.8) is 0 Å². The molecule has 5 heteroatoms. The first-order chi connectivity index (χ1) is 5.82. The standard InChI is InChI=1S/C8H7F3IN/c1-4-5(2)13-7(3-6(4)12)8(9,10)11/h3H,1-2H3. The number of hydrogen-bond acceptors (Lipinski definition) is 1. The molecule has 0 atom stereocenters. The van der Waals surface area contributed by atoms with Gasteiger partial charge in [0.2, 0.25) is 0 Å². The van der Waals surface area contributed by atoms with Crippen molar-refractivity contribution in [2.24, 2.45) is 0 Å². The van der Waals surface area contributed by atoms with E-state index in [4.69, 9.17) is 0 Å². The molecule has 0 aromatic carbocycles. The summed E-state index contributed by atoms with van der Waals surface area (Å²) in [6.07, 6.45) is -4.35. The number of alkyl halides is 3. The highest BCUT2D eigenvalue weighted by atomic mass is 127. The van der Waals surface area contributed by atoms with Crippen LogP contribution in [0.25, 0.3) is 0 Å². The molecule has 1 rings (SSSR count). The van der Waals surface area contributed by atoms with Gasteiger partial charge < -0.3 is 0 Å². The fourth-order valence-corrected chi connectivity index (χ4v) is 1.53. The Bertz CT molecular complexity index is 310. The minimum Gasteiger partial charge on any atom is -0.248 e. The lowest BCUT2D eigenvalue weighted by atomic mass is 10.2. The summed E-state index contributed by atoms with van der Waals surface area (Å²) < 4.78 is 37.2. The van der Waals surface area contributed by atoms with Crippen LogP contribution >= 0.6 is 22.6 Å². The normalized spacial score (nSPS) is 11.8. The van der Waals surface area contributed by atoms with Crippen LogP contribution in [-0.2, 0) is 6.18 Å². The molecule has 0 fully saturated rings. The van der Waals surface area contributed by atoms with E-state index in [1.165, 1.54) is 0 Å². The maximum atomic E-state index is 12.2. The van der Waals surface area contributed by atoms with Gasteiger partial charge in [-0.05, 0) is 48.1 Å². The van der Waals surface area contributed by atoms with Gasteiger partial charge in [-0.25, -0.2) is 4.98 Å². The lowest BCUT2D eigenvalue weighted by Gasteiger charge is -2.09. The van der Waals surface area contributed by atoms with Gasteiger partial charge >= 0.3 is 6.18 Å². The number of hydrogen-bond donors (Lipinski definition) is 0. The van der Waals surface area contributed by atoms with E-state index in [1.807, 2.05) is 22.6 Å². The van der Waals surface area contributed by atoms with E-state index in [0.29, 0.717) is 9.26 Å². The summed E-state index contributed by atoms with van der Waals surface area (Å²) in [5, 5.41) is 0. The van der Waals surface area contributed by atoms with Gasteiger partial charge in [-0.15, -0.1) is 0 Å². The number of pyridine rings is 1. The summed E-state index contributed by atoms with van der Waals surface area (Å²) in [5.74, 6) is 0. The third kappa shape index (κ3) is 2.32. The minimum atomic E-state index is -4.35. The number of halogens is 4. The maximum Gasteiger partial charge on any atom is 0.433 e. The fourth-order valence-electron chi connectivity index (χ4n) is 0.843. The van der Waals surface area contributed by atoms with E-state index in [9.17, 15) is 13.2 Å². The maximum absolute atomic E-state index is 12.2. The second kappa shape index (κ2) is 3.43. The summed E-state index contributed by atoms with van der Waals surface area (Å²) in [6, 6.07) is 1.06. The van der Waals surface area contributed by atoms with Gasteiger partial charge in [0.25, 0.3) is 0 Å².